The second-order valence-corrected chi connectivity index (χ2v) is 10.1. The Balaban J connectivity index is 1.37. The summed E-state index contributed by atoms with van der Waals surface area (Å²) in [4.78, 5) is 29.4. The molecular weight excluding hydrogens is 458 g/mol. The number of nitrogens with one attached hydrogen (secondary N) is 1. The first-order chi connectivity index (χ1) is 16.3. The summed E-state index contributed by atoms with van der Waals surface area (Å²) in [6.45, 7) is 1.27. The molecule has 10 heteroatoms. The van der Waals surface area contributed by atoms with Gasteiger partial charge in [-0.3, -0.25) is 9.59 Å². The molecule has 34 heavy (non-hydrogen) atoms. The maximum absolute atomic E-state index is 12.6. The Morgan fingerprint density at radius 1 is 1.12 bits per heavy atom. The van der Waals surface area contributed by atoms with Gasteiger partial charge in [-0.2, -0.15) is 4.31 Å². The Kier molecular flexibility index (Phi) is 6.99. The molecule has 2 amide bonds. The van der Waals surface area contributed by atoms with Gasteiger partial charge in [0.1, 0.15) is 17.2 Å². The molecule has 0 radical (unpaired) electrons. The fraction of sp³-hybridized carbons (Fsp3) is 0.375. The van der Waals surface area contributed by atoms with Gasteiger partial charge in [0.25, 0.3) is 11.8 Å². The lowest BCUT2D eigenvalue weighted by Crippen LogP contribution is -2.30. The summed E-state index contributed by atoms with van der Waals surface area (Å²) in [5.74, 6) is 0.115. The van der Waals surface area contributed by atoms with Crippen LogP contribution in [0, 0.1) is 5.92 Å². The van der Waals surface area contributed by atoms with E-state index >= 15 is 0 Å². The van der Waals surface area contributed by atoms with Crippen LogP contribution in [-0.2, 0) is 24.3 Å². The molecule has 0 bridgehead atoms. The second-order valence-electron chi connectivity index (χ2n) is 8.12. The fourth-order valence-corrected chi connectivity index (χ4v) is 5.72. The number of hydrogen-bond donors (Lipinski definition) is 1. The Morgan fingerprint density at radius 3 is 2.47 bits per heavy atom. The first-order valence-corrected chi connectivity index (χ1v) is 12.5. The maximum atomic E-state index is 12.6. The van der Waals surface area contributed by atoms with Crippen molar-refractivity contribution in [2.24, 2.45) is 10.9 Å². The number of methoxy groups -OCH3 is 2. The van der Waals surface area contributed by atoms with E-state index in [4.69, 9.17) is 9.47 Å². The highest BCUT2D eigenvalue weighted by Gasteiger charge is 2.32. The molecule has 0 aromatic heterocycles. The van der Waals surface area contributed by atoms with Crippen LogP contribution in [0.25, 0.3) is 0 Å². The van der Waals surface area contributed by atoms with E-state index < -0.39 is 10.0 Å². The first kappa shape index (κ1) is 23.9. The summed E-state index contributed by atoms with van der Waals surface area (Å²) in [5, 5.41) is 2.78. The number of carbonyl (C=O) groups excluding carboxylic acids is 2. The topological polar surface area (TPSA) is 114 Å². The maximum Gasteiger partial charge on any atom is 0.273 e. The third-order valence-corrected chi connectivity index (χ3v) is 7.98. The van der Waals surface area contributed by atoms with E-state index in [-0.39, 0.29) is 29.2 Å². The van der Waals surface area contributed by atoms with Crippen LogP contribution >= 0.6 is 0 Å². The van der Waals surface area contributed by atoms with Crippen molar-refractivity contribution in [1.29, 1.82) is 0 Å². The monoisotopic (exact) mass is 485 g/mol. The van der Waals surface area contributed by atoms with Crippen molar-refractivity contribution in [3.8, 4) is 0 Å². The zero-order valence-corrected chi connectivity index (χ0v) is 19.9. The number of fused-ring (bicyclic) bond motifs is 1. The molecule has 1 aromatic rings. The summed E-state index contributed by atoms with van der Waals surface area (Å²) >= 11 is 0. The van der Waals surface area contributed by atoms with Crippen molar-refractivity contribution in [1.82, 2.24) is 9.62 Å². The van der Waals surface area contributed by atoms with Crippen LogP contribution in [0.4, 0.5) is 0 Å². The van der Waals surface area contributed by atoms with E-state index in [2.05, 4.69) is 10.3 Å². The Hall–Kier alpha value is -3.24. The van der Waals surface area contributed by atoms with E-state index in [9.17, 15) is 18.0 Å². The van der Waals surface area contributed by atoms with Gasteiger partial charge in [0.15, 0.2) is 0 Å². The predicted octanol–water partition coefficient (Wildman–Crippen LogP) is 2.19. The van der Waals surface area contributed by atoms with E-state index in [1.54, 1.807) is 25.3 Å². The molecule has 1 aromatic carbocycles. The molecule has 1 N–H and O–H groups in total. The second kappa shape index (κ2) is 9.94. The molecule has 0 spiro atoms. The number of hydrogen-bond acceptors (Lipinski definition) is 6. The summed E-state index contributed by atoms with van der Waals surface area (Å²) in [6.07, 6.45) is 7.29. The SMILES string of the molecule is COC1=CC=C(OC)C2C=C(CCNC(=O)c3ccc(S(=O)(=O)N4CCCC4)cc3)C(=O)N=C12. The van der Waals surface area contributed by atoms with Gasteiger partial charge in [-0.25, -0.2) is 13.4 Å². The van der Waals surface area contributed by atoms with Gasteiger partial charge < -0.3 is 14.8 Å². The largest absolute Gasteiger partial charge is 0.500 e. The number of rotatable bonds is 8. The summed E-state index contributed by atoms with van der Waals surface area (Å²) < 4.78 is 37.4. The molecule has 1 unspecified atom stereocenters. The number of carbonyl (C=O) groups is 2. The highest BCUT2D eigenvalue weighted by atomic mass is 32.2. The minimum absolute atomic E-state index is 0.177. The Labute approximate surface area is 198 Å². The lowest BCUT2D eigenvalue weighted by Gasteiger charge is -2.26. The van der Waals surface area contributed by atoms with Gasteiger partial charge in [0.2, 0.25) is 10.0 Å². The molecule has 0 saturated carbocycles. The van der Waals surface area contributed by atoms with Crippen molar-refractivity contribution < 1.29 is 27.5 Å². The summed E-state index contributed by atoms with van der Waals surface area (Å²) in [5.41, 5.74) is 1.32. The van der Waals surface area contributed by atoms with Crippen molar-refractivity contribution in [2.45, 2.75) is 24.2 Å². The van der Waals surface area contributed by atoms with Gasteiger partial charge in [0.05, 0.1) is 25.0 Å². The number of aliphatic imine (C=N–C) groups is 1. The third kappa shape index (κ3) is 4.69. The van der Waals surface area contributed by atoms with Gasteiger partial charge >= 0.3 is 0 Å². The number of ether oxygens (including phenoxy) is 2. The molecule has 2 aliphatic heterocycles. The van der Waals surface area contributed by atoms with Gasteiger partial charge in [-0.1, -0.05) is 6.08 Å². The van der Waals surface area contributed by atoms with E-state index in [1.165, 1.54) is 35.7 Å². The van der Waals surface area contributed by atoms with E-state index in [1.807, 2.05) is 0 Å². The highest BCUT2D eigenvalue weighted by Crippen LogP contribution is 2.30. The molecule has 1 aliphatic carbocycles. The summed E-state index contributed by atoms with van der Waals surface area (Å²) in [7, 11) is -0.450. The van der Waals surface area contributed by atoms with E-state index in [0.717, 1.165) is 12.8 Å². The van der Waals surface area contributed by atoms with Crippen molar-refractivity contribution in [3.05, 3.63) is 65.1 Å². The van der Waals surface area contributed by atoms with Crippen LogP contribution < -0.4 is 5.32 Å². The van der Waals surface area contributed by atoms with Crippen LogP contribution in [0.1, 0.15) is 29.6 Å². The molecule has 1 atom stereocenters. The molecule has 1 fully saturated rings. The van der Waals surface area contributed by atoms with Crippen LogP contribution in [0.15, 0.2) is 69.5 Å². The smallest absolute Gasteiger partial charge is 0.273 e. The minimum atomic E-state index is -3.52. The molecule has 180 valence electrons. The zero-order chi connectivity index (χ0) is 24.3. The van der Waals surface area contributed by atoms with Gasteiger partial charge in [-0.15, -0.1) is 0 Å². The van der Waals surface area contributed by atoms with Gasteiger partial charge in [0, 0.05) is 30.8 Å². The minimum Gasteiger partial charge on any atom is -0.500 e. The lowest BCUT2D eigenvalue weighted by molar-refractivity contribution is -0.114. The number of benzene rings is 1. The normalized spacial score (nSPS) is 20.5. The van der Waals surface area contributed by atoms with Crippen molar-refractivity contribution >= 4 is 27.5 Å². The van der Waals surface area contributed by atoms with Gasteiger partial charge in [-0.05, 0) is 55.7 Å². The average Bonchev–Trinajstić information content (AvgIpc) is 3.40. The number of dihydropyridines is 1. The van der Waals surface area contributed by atoms with E-state index in [0.29, 0.717) is 47.9 Å². The average molecular weight is 486 g/mol. The highest BCUT2D eigenvalue weighted by molar-refractivity contribution is 7.89. The molecule has 1 saturated heterocycles. The molecule has 2 heterocycles. The number of allylic oxidation sites excluding steroid dienone is 4. The molecule has 9 nitrogen and oxygen atoms in total. The first-order valence-electron chi connectivity index (χ1n) is 11.1. The number of amides is 2. The third-order valence-electron chi connectivity index (χ3n) is 6.07. The lowest BCUT2D eigenvalue weighted by atomic mass is 9.89. The Bertz CT molecular complexity index is 1210. The Morgan fingerprint density at radius 2 is 1.82 bits per heavy atom. The molecule has 4 rings (SSSR count). The van der Waals surface area contributed by atoms with Crippen molar-refractivity contribution in [2.75, 3.05) is 33.9 Å². The fourth-order valence-electron chi connectivity index (χ4n) is 4.20. The van der Waals surface area contributed by atoms with Crippen LogP contribution in [0.2, 0.25) is 0 Å². The standard InChI is InChI=1S/C24H27N3O6S/c1-32-20-9-10-21(33-2)22-19(20)15-17(24(29)26-22)11-12-25-23(28)16-5-7-18(8-6-16)34(30,31)27-13-3-4-14-27/h5-10,15,19H,3-4,11-14H2,1-2H3,(H,25,28). The van der Waals surface area contributed by atoms with Crippen LogP contribution in [0.3, 0.4) is 0 Å². The molecule has 3 aliphatic rings. The molecular formula is C24H27N3O6S. The van der Waals surface area contributed by atoms with Crippen LogP contribution in [0.5, 0.6) is 0 Å². The predicted molar refractivity (Wildman–Crippen MR) is 126 cm³/mol. The number of nitrogens with zero attached hydrogens (tertiary/aromatic N) is 2. The zero-order valence-electron chi connectivity index (χ0n) is 19.1. The summed E-state index contributed by atoms with van der Waals surface area (Å²) in [6, 6.07) is 5.90. The quantitative estimate of drug-likeness (QED) is 0.604. The number of sulfonamides is 1. The van der Waals surface area contributed by atoms with Crippen molar-refractivity contribution in [3.63, 3.8) is 0 Å². The van der Waals surface area contributed by atoms with Crippen LogP contribution in [-0.4, -0.2) is 64.1 Å².